The van der Waals surface area contributed by atoms with Gasteiger partial charge in [0.25, 0.3) is 0 Å². The maximum atomic E-state index is 4.45. The molecule has 3 aromatic rings. The number of aromatic amines is 1. The molecule has 0 saturated heterocycles. The molecule has 0 radical (unpaired) electrons. The van der Waals surface area contributed by atoms with Gasteiger partial charge in [0, 0.05) is 23.7 Å². The van der Waals surface area contributed by atoms with E-state index in [0.717, 1.165) is 17.0 Å². The normalized spacial score (nSPS) is 10.3. The number of benzene rings is 1. The number of para-hydroxylation sites is 1. The molecular formula is C18H24ClN3. The first-order chi connectivity index (χ1) is 10.1. The molecule has 0 aliphatic carbocycles. The van der Waals surface area contributed by atoms with Crippen molar-refractivity contribution in [2.45, 2.75) is 39.5 Å². The van der Waals surface area contributed by atoms with Gasteiger partial charge in [0.2, 0.25) is 0 Å². The van der Waals surface area contributed by atoms with Crippen molar-refractivity contribution in [1.29, 1.82) is 0 Å². The first-order valence-electron chi connectivity index (χ1n) is 7.43. The maximum Gasteiger partial charge on any atom is 0.108 e. The van der Waals surface area contributed by atoms with Crippen LogP contribution < -0.4 is 0 Å². The van der Waals surface area contributed by atoms with Gasteiger partial charge in [0.1, 0.15) is 5.82 Å². The third-order valence-corrected chi connectivity index (χ3v) is 3.27. The first-order valence-corrected chi connectivity index (χ1v) is 7.43. The van der Waals surface area contributed by atoms with Crippen molar-refractivity contribution >= 4 is 23.3 Å². The lowest BCUT2D eigenvalue weighted by atomic mass is 10.1. The summed E-state index contributed by atoms with van der Waals surface area (Å²) in [5.41, 5.74) is 2.22. The average molecular weight is 318 g/mol. The van der Waals surface area contributed by atoms with Gasteiger partial charge in [0.15, 0.2) is 0 Å². The zero-order valence-electron chi connectivity index (χ0n) is 13.6. The van der Waals surface area contributed by atoms with Crippen molar-refractivity contribution in [3.05, 3.63) is 60.3 Å². The maximum absolute atomic E-state index is 4.45. The summed E-state index contributed by atoms with van der Waals surface area (Å²) in [6.45, 7) is 8.59. The van der Waals surface area contributed by atoms with E-state index in [1.165, 1.54) is 5.39 Å². The van der Waals surface area contributed by atoms with Crippen LogP contribution in [0.15, 0.2) is 48.8 Å². The van der Waals surface area contributed by atoms with Gasteiger partial charge >= 0.3 is 0 Å². The van der Waals surface area contributed by atoms with Gasteiger partial charge in [-0.25, -0.2) is 4.98 Å². The standard InChI is InChI=1S/C9H16N2.C9H7N.ClH/c1-6(2)8-5-10-9(11-8)7(3)4;1-2-6-9-8(4-1)5-3-7-10-9;/h5-7H,1-4H3,(H,10,11);1-7H;1H. The van der Waals surface area contributed by atoms with Crippen molar-refractivity contribution in [2.24, 2.45) is 0 Å². The minimum absolute atomic E-state index is 0. The Hall–Kier alpha value is -1.87. The largest absolute Gasteiger partial charge is 0.348 e. The van der Waals surface area contributed by atoms with Crippen LogP contribution in [0.1, 0.15) is 51.0 Å². The molecule has 0 aliphatic heterocycles. The number of nitrogens with one attached hydrogen (secondary N) is 1. The lowest BCUT2D eigenvalue weighted by Gasteiger charge is -1.98. The summed E-state index contributed by atoms with van der Waals surface area (Å²) in [5.74, 6) is 2.12. The smallest absolute Gasteiger partial charge is 0.108 e. The summed E-state index contributed by atoms with van der Waals surface area (Å²) in [4.78, 5) is 11.8. The Balaban J connectivity index is 0.000000211. The van der Waals surface area contributed by atoms with Gasteiger partial charge in [0.05, 0.1) is 11.2 Å². The summed E-state index contributed by atoms with van der Waals surface area (Å²) in [5, 5.41) is 1.20. The minimum Gasteiger partial charge on any atom is -0.348 e. The fourth-order valence-electron chi connectivity index (χ4n) is 1.96. The van der Waals surface area contributed by atoms with E-state index in [0.29, 0.717) is 11.8 Å². The predicted molar refractivity (Wildman–Crippen MR) is 95.8 cm³/mol. The minimum atomic E-state index is 0. The molecule has 0 spiro atoms. The van der Waals surface area contributed by atoms with Gasteiger partial charge in [-0.3, -0.25) is 4.98 Å². The summed E-state index contributed by atoms with van der Waals surface area (Å²) >= 11 is 0. The zero-order chi connectivity index (χ0) is 15.2. The second-order valence-electron chi connectivity index (χ2n) is 5.72. The number of hydrogen-bond acceptors (Lipinski definition) is 2. The number of aromatic nitrogens is 3. The number of pyridine rings is 1. The number of rotatable bonds is 2. The molecule has 118 valence electrons. The number of fused-ring (bicyclic) bond motifs is 1. The van der Waals surface area contributed by atoms with Crippen LogP contribution >= 0.6 is 12.4 Å². The van der Waals surface area contributed by atoms with Crippen molar-refractivity contribution in [3.8, 4) is 0 Å². The summed E-state index contributed by atoms with van der Waals surface area (Å²) < 4.78 is 0. The Labute approximate surface area is 138 Å². The molecule has 1 N–H and O–H groups in total. The van der Waals surface area contributed by atoms with Crippen LogP contribution in [-0.2, 0) is 0 Å². The van der Waals surface area contributed by atoms with E-state index in [2.05, 4.69) is 54.8 Å². The third-order valence-electron chi connectivity index (χ3n) is 3.27. The van der Waals surface area contributed by atoms with Gasteiger partial charge in [-0.05, 0) is 18.1 Å². The molecular weight excluding hydrogens is 294 g/mol. The molecule has 4 heteroatoms. The van der Waals surface area contributed by atoms with Crippen LogP contribution in [0.5, 0.6) is 0 Å². The molecule has 1 aromatic carbocycles. The molecule has 0 fully saturated rings. The molecule has 3 nitrogen and oxygen atoms in total. The molecule has 2 heterocycles. The van der Waals surface area contributed by atoms with Crippen LogP contribution in [0.25, 0.3) is 10.9 Å². The molecule has 2 aromatic heterocycles. The summed E-state index contributed by atoms with van der Waals surface area (Å²) in [7, 11) is 0. The van der Waals surface area contributed by atoms with E-state index in [1.807, 2.05) is 36.7 Å². The fraction of sp³-hybridized carbons (Fsp3) is 0.333. The Morgan fingerprint density at radius 2 is 1.59 bits per heavy atom. The van der Waals surface area contributed by atoms with Crippen LogP contribution in [0.3, 0.4) is 0 Å². The lowest BCUT2D eigenvalue weighted by Crippen LogP contribution is -1.91. The number of halogens is 1. The van der Waals surface area contributed by atoms with Gasteiger partial charge in [-0.15, -0.1) is 12.4 Å². The topological polar surface area (TPSA) is 41.6 Å². The zero-order valence-corrected chi connectivity index (χ0v) is 14.4. The Morgan fingerprint density at radius 3 is 2.14 bits per heavy atom. The molecule has 0 aliphatic rings. The van der Waals surface area contributed by atoms with Crippen LogP contribution in [0.2, 0.25) is 0 Å². The third kappa shape index (κ3) is 4.85. The van der Waals surface area contributed by atoms with E-state index in [1.54, 1.807) is 0 Å². The molecule has 0 unspecified atom stereocenters. The molecule has 0 saturated carbocycles. The highest BCUT2D eigenvalue weighted by Crippen LogP contribution is 2.15. The Morgan fingerprint density at radius 1 is 0.909 bits per heavy atom. The predicted octanol–water partition coefficient (Wildman–Crippen LogP) is 5.31. The summed E-state index contributed by atoms with van der Waals surface area (Å²) in [6.07, 6.45) is 3.81. The first kappa shape index (κ1) is 18.2. The van der Waals surface area contributed by atoms with Gasteiger partial charge < -0.3 is 4.98 Å². The van der Waals surface area contributed by atoms with Gasteiger partial charge in [-0.1, -0.05) is 52.0 Å². The highest BCUT2D eigenvalue weighted by Gasteiger charge is 2.06. The SMILES string of the molecule is CC(C)c1c[nH]c(C(C)C)n1.Cl.c1ccc2ncccc2c1. The van der Waals surface area contributed by atoms with Crippen LogP contribution in [0, 0.1) is 0 Å². The number of hydrogen-bond donors (Lipinski definition) is 1. The van der Waals surface area contributed by atoms with Crippen molar-refractivity contribution in [1.82, 2.24) is 15.0 Å². The van der Waals surface area contributed by atoms with E-state index in [4.69, 9.17) is 0 Å². The van der Waals surface area contributed by atoms with E-state index in [-0.39, 0.29) is 12.4 Å². The quantitative estimate of drug-likeness (QED) is 0.695. The molecule has 0 bridgehead atoms. The number of H-pyrrole nitrogens is 1. The Kier molecular flexibility index (Phi) is 7.06. The van der Waals surface area contributed by atoms with Crippen molar-refractivity contribution in [2.75, 3.05) is 0 Å². The second-order valence-corrected chi connectivity index (χ2v) is 5.72. The molecule has 22 heavy (non-hydrogen) atoms. The molecule has 3 rings (SSSR count). The van der Waals surface area contributed by atoms with Crippen molar-refractivity contribution < 1.29 is 0 Å². The number of nitrogens with zero attached hydrogens (tertiary/aromatic N) is 2. The monoisotopic (exact) mass is 317 g/mol. The summed E-state index contributed by atoms with van der Waals surface area (Å²) in [6, 6.07) is 12.1. The van der Waals surface area contributed by atoms with Crippen molar-refractivity contribution in [3.63, 3.8) is 0 Å². The van der Waals surface area contributed by atoms with E-state index in [9.17, 15) is 0 Å². The fourth-order valence-corrected chi connectivity index (χ4v) is 1.96. The van der Waals surface area contributed by atoms with E-state index < -0.39 is 0 Å². The molecule has 0 atom stereocenters. The number of imidazole rings is 1. The highest BCUT2D eigenvalue weighted by molar-refractivity contribution is 5.85. The highest BCUT2D eigenvalue weighted by atomic mass is 35.5. The second kappa shape index (κ2) is 8.54. The van der Waals surface area contributed by atoms with Crippen LogP contribution in [-0.4, -0.2) is 15.0 Å². The average Bonchev–Trinajstić information content (AvgIpc) is 2.98. The van der Waals surface area contributed by atoms with E-state index >= 15 is 0 Å². The molecule has 0 amide bonds. The van der Waals surface area contributed by atoms with Crippen LogP contribution in [0.4, 0.5) is 0 Å². The Bertz CT molecular complexity index is 601. The lowest BCUT2D eigenvalue weighted by molar-refractivity contribution is 0.771. The van der Waals surface area contributed by atoms with Gasteiger partial charge in [-0.2, -0.15) is 0 Å².